The Morgan fingerprint density at radius 1 is 1.32 bits per heavy atom. The van der Waals surface area contributed by atoms with Gasteiger partial charge in [0.25, 0.3) is 5.91 Å². The molecular formula is C19H23N5O4. The zero-order valence-corrected chi connectivity index (χ0v) is 16.1. The molecule has 0 saturated carbocycles. The third-order valence-corrected chi connectivity index (χ3v) is 4.52. The molecular weight excluding hydrogens is 362 g/mol. The molecule has 0 aliphatic carbocycles. The molecule has 3 aromatic rings. The van der Waals surface area contributed by atoms with Gasteiger partial charge in [-0.25, -0.2) is 4.68 Å². The number of carbonyl (C=O) groups is 2. The Morgan fingerprint density at radius 2 is 2.11 bits per heavy atom. The number of methoxy groups -OCH3 is 1. The summed E-state index contributed by atoms with van der Waals surface area (Å²) in [6.07, 6.45) is 2.45. The van der Waals surface area contributed by atoms with Crippen molar-refractivity contribution in [3.63, 3.8) is 0 Å². The largest absolute Gasteiger partial charge is 0.497 e. The molecule has 9 nitrogen and oxygen atoms in total. The van der Waals surface area contributed by atoms with Crippen molar-refractivity contribution in [3.8, 4) is 5.75 Å². The fourth-order valence-electron chi connectivity index (χ4n) is 3.28. The second kappa shape index (κ2) is 8.12. The van der Waals surface area contributed by atoms with Gasteiger partial charge in [-0.2, -0.15) is 0 Å². The quantitative estimate of drug-likeness (QED) is 0.613. The summed E-state index contributed by atoms with van der Waals surface area (Å²) in [6.45, 7) is 4.72. The Bertz CT molecular complexity index is 1020. The molecule has 1 amide bonds. The lowest BCUT2D eigenvalue weighted by Gasteiger charge is -2.07. The lowest BCUT2D eigenvalue weighted by atomic mass is 10.1. The molecule has 148 valence electrons. The second-order valence-corrected chi connectivity index (χ2v) is 6.48. The van der Waals surface area contributed by atoms with Crippen LogP contribution in [0.4, 0.5) is 0 Å². The minimum Gasteiger partial charge on any atom is -0.497 e. The van der Waals surface area contributed by atoms with E-state index in [0.29, 0.717) is 17.0 Å². The molecule has 1 aromatic carbocycles. The minimum absolute atomic E-state index is 0.155. The van der Waals surface area contributed by atoms with Crippen LogP contribution in [0.5, 0.6) is 5.75 Å². The summed E-state index contributed by atoms with van der Waals surface area (Å²) >= 11 is 0. The first-order valence-electron chi connectivity index (χ1n) is 9.00. The van der Waals surface area contributed by atoms with Gasteiger partial charge in [-0.1, -0.05) is 12.1 Å². The minimum atomic E-state index is -1.01. The summed E-state index contributed by atoms with van der Waals surface area (Å²) in [5, 5.41) is 20.1. The molecule has 0 atom stereocenters. The van der Waals surface area contributed by atoms with Crippen LogP contribution in [0.1, 0.15) is 35.1 Å². The van der Waals surface area contributed by atoms with Crippen molar-refractivity contribution in [2.24, 2.45) is 0 Å². The molecule has 2 heterocycles. The third-order valence-electron chi connectivity index (χ3n) is 4.52. The Labute approximate surface area is 161 Å². The fraction of sp³-hybridized carbons (Fsp3) is 0.368. The van der Waals surface area contributed by atoms with E-state index < -0.39 is 5.97 Å². The lowest BCUT2D eigenvalue weighted by Crippen LogP contribution is -2.23. The first kappa shape index (κ1) is 19.4. The number of carboxylic acids is 1. The van der Waals surface area contributed by atoms with Crippen molar-refractivity contribution in [1.82, 2.24) is 24.9 Å². The number of aryl methyl sites for hydroxylation is 1. The number of hydrogen-bond donors (Lipinski definition) is 2. The van der Waals surface area contributed by atoms with Crippen molar-refractivity contribution < 1.29 is 19.4 Å². The van der Waals surface area contributed by atoms with E-state index in [2.05, 4.69) is 27.1 Å². The molecule has 0 spiro atoms. The van der Waals surface area contributed by atoms with Crippen LogP contribution in [0.2, 0.25) is 0 Å². The van der Waals surface area contributed by atoms with Gasteiger partial charge in [0.1, 0.15) is 18.0 Å². The number of ether oxygens (including phenoxy) is 1. The SMILES string of the molecule is CCCn1c(C)c(C(=O)NCc2cn(CC(=O)O)nn2)c2cc(OC)ccc21. The Hall–Kier alpha value is -3.36. The molecule has 2 aromatic heterocycles. The standard InChI is InChI=1S/C19H23N5O4/c1-4-7-24-12(2)18(15-8-14(28-3)5-6-16(15)24)19(27)20-9-13-10-23(22-21-13)11-17(25)26/h5-6,8,10H,4,7,9,11H2,1-3H3,(H,20,27)(H,25,26). The summed E-state index contributed by atoms with van der Waals surface area (Å²) in [7, 11) is 1.59. The summed E-state index contributed by atoms with van der Waals surface area (Å²) < 4.78 is 8.67. The Balaban J connectivity index is 1.87. The van der Waals surface area contributed by atoms with Crippen molar-refractivity contribution in [2.75, 3.05) is 7.11 Å². The van der Waals surface area contributed by atoms with Crippen LogP contribution in [0.25, 0.3) is 10.9 Å². The molecule has 0 saturated heterocycles. The highest BCUT2D eigenvalue weighted by Gasteiger charge is 2.20. The van der Waals surface area contributed by atoms with Crippen molar-refractivity contribution in [1.29, 1.82) is 0 Å². The number of hydrogen-bond acceptors (Lipinski definition) is 5. The smallest absolute Gasteiger partial charge is 0.325 e. The summed E-state index contributed by atoms with van der Waals surface area (Å²) in [5.41, 5.74) is 2.96. The summed E-state index contributed by atoms with van der Waals surface area (Å²) in [5.74, 6) is -0.543. The van der Waals surface area contributed by atoms with E-state index >= 15 is 0 Å². The first-order chi connectivity index (χ1) is 13.4. The van der Waals surface area contributed by atoms with E-state index in [1.807, 2.05) is 25.1 Å². The van der Waals surface area contributed by atoms with E-state index in [4.69, 9.17) is 9.84 Å². The fourth-order valence-corrected chi connectivity index (χ4v) is 3.28. The van der Waals surface area contributed by atoms with Crippen LogP contribution in [-0.2, 0) is 24.4 Å². The monoisotopic (exact) mass is 385 g/mol. The number of carbonyl (C=O) groups excluding carboxylic acids is 1. The molecule has 0 aliphatic heterocycles. The molecule has 2 N–H and O–H groups in total. The number of amides is 1. The van der Waals surface area contributed by atoms with Gasteiger partial charge in [0.2, 0.25) is 0 Å². The lowest BCUT2D eigenvalue weighted by molar-refractivity contribution is -0.137. The number of nitrogens with one attached hydrogen (secondary N) is 1. The second-order valence-electron chi connectivity index (χ2n) is 6.48. The maximum atomic E-state index is 12.9. The van der Waals surface area contributed by atoms with Gasteiger partial charge in [-0.3, -0.25) is 9.59 Å². The number of rotatable bonds is 8. The summed E-state index contributed by atoms with van der Waals surface area (Å²) in [4.78, 5) is 23.7. The first-order valence-corrected chi connectivity index (χ1v) is 9.00. The van der Waals surface area contributed by atoms with E-state index in [0.717, 1.165) is 29.6 Å². The molecule has 0 bridgehead atoms. The number of fused-ring (bicyclic) bond motifs is 1. The highest BCUT2D eigenvalue weighted by atomic mass is 16.5. The van der Waals surface area contributed by atoms with Crippen molar-refractivity contribution >= 4 is 22.8 Å². The van der Waals surface area contributed by atoms with Crippen molar-refractivity contribution in [3.05, 3.63) is 41.3 Å². The van der Waals surface area contributed by atoms with Crippen molar-refractivity contribution in [2.45, 2.75) is 39.9 Å². The molecule has 0 fully saturated rings. The van der Waals surface area contributed by atoms with Crippen LogP contribution < -0.4 is 10.1 Å². The zero-order valence-electron chi connectivity index (χ0n) is 16.1. The predicted octanol–water partition coefficient (Wildman–Crippen LogP) is 1.97. The molecule has 0 unspecified atom stereocenters. The third kappa shape index (κ3) is 3.83. The average molecular weight is 385 g/mol. The summed E-state index contributed by atoms with van der Waals surface area (Å²) in [6, 6.07) is 5.72. The van der Waals surface area contributed by atoms with E-state index in [1.54, 1.807) is 7.11 Å². The van der Waals surface area contributed by atoms with Gasteiger partial charge in [-0.15, -0.1) is 5.10 Å². The van der Waals surface area contributed by atoms with Gasteiger partial charge in [0, 0.05) is 23.1 Å². The normalized spacial score (nSPS) is 11.0. The average Bonchev–Trinajstić information content (AvgIpc) is 3.21. The van der Waals surface area contributed by atoms with Crippen LogP contribution in [-0.4, -0.2) is 43.7 Å². The topological polar surface area (TPSA) is 111 Å². The predicted molar refractivity (Wildman–Crippen MR) is 102 cm³/mol. The Kier molecular flexibility index (Phi) is 5.62. The Morgan fingerprint density at radius 3 is 2.79 bits per heavy atom. The van der Waals surface area contributed by atoms with Crippen LogP contribution in [0.15, 0.2) is 24.4 Å². The maximum absolute atomic E-state index is 12.9. The maximum Gasteiger partial charge on any atom is 0.325 e. The zero-order chi connectivity index (χ0) is 20.3. The molecule has 9 heteroatoms. The highest BCUT2D eigenvalue weighted by molar-refractivity contribution is 6.08. The van der Waals surface area contributed by atoms with Crippen LogP contribution >= 0.6 is 0 Å². The number of aliphatic carboxylic acids is 1. The van der Waals surface area contributed by atoms with Gasteiger partial charge in [-0.05, 0) is 31.5 Å². The van der Waals surface area contributed by atoms with E-state index in [1.165, 1.54) is 10.9 Å². The van der Waals surface area contributed by atoms with E-state index in [-0.39, 0.29) is 19.0 Å². The number of nitrogens with zero attached hydrogens (tertiary/aromatic N) is 4. The van der Waals surface area contributed by atoms with Gasteiger partial charge < -0.3 is 19.7 Å². The van der Waals surface area contributed by atoms with E-state index in [9.17, 15) is 9.59 Å². The molecule has 3 rings (SSSR count). The number of carboxylic acid groups (broad SMARTS) is 1. The van der Waals surface area contributed by atoms with Crippen LogP contribution in [0.3, 0.4) is 0 Å². The van der Waals surface area contributed by atoms with Gasteiger partial charge in [0.15, 0.2) is 0 Å². The van der Waals surface area contributed by atoms with Gasteiger partial charge >= 0.3 is 5.97 Å². The molecule has 0 radical (unpaired) electrons. The molecule has 28 heavy (non-hydrogen) atoms. The van der Waals surface area contributed by atoms with Crippen LogP contribution in [0, 0.1) is 6.92 Å². The highest BCUT2D eigenvalue weighted by Crippen LogP contribution is 2.29. The van der Waals surface area contributed by atoms with Gasteiger partial charge in [0.05, 0.1) is 25.4 Å². The molecule has 0 aliphatic rings. The number of aromatic nitrogens is 4. The number of benzene rings is 1.